The molecule has 0 saturated carbocycles. The Morgan fingerprint density at radius 2 is 2.00 bits per heavy atom. The van der Waals surface area contributed by atoms with Crippen LogP contribution in [-0.2, 0) is 9.47 Å². The molecule has 28 heavy (non-hydrogen) atoms. The first-order valence-corrected chi connectivity index (χ1v) is 9.54. The van der Waals surface area contributed by atoms with Crippen LogP contribution < -0.4 is 4.90 Å². The maximum absolute atomic E-state index is 12.7. The van der Waals surface area contributed by atoms with Crippen LogP contribution in [0.3, 0.4) is 0 Å². The summed E-state index contributed by atoms with van der Waals surface area (Å²) in [6.45, 7) is 8.52. The van der Waals surface area contributed by atoms with Crippen molar-refractivity contribution in [2.24, 2.45) is 0 Å². The number of carbonyl (C=O) groups is 1. The molecule has 2 aliphatic rings. The Kier molecular flexibility index (Phi) is 4.89. The van der Waals surface area contributed by atoms with Crippen molar-refractivity contribution in [3.63, 3.8) is 0 Å². The van der Waals surface area contributed by atoms with E-state index in [0.29, 0.717) is 25.2 Å². The van der Waals surface area contributed by atoms with Gasteiger partial charge in [-0.15, -0.1) is 0 Å². The van der Waals surface area contributed by atoms with E-state index < -0.39 is 5.60 Å². The second-order valence-corrected chi connectivity index (χ2v) is 7.95. The SMILES string of the molecule is CC(C)(C)OC(=O)N1C=CCC1c1cncc2ncc(N3CCOCC3)nc12. The van der Waals surface area contributed by atoms with E-state index in [2.05, 4.69) is 14.9 Å². The Labute approximate surface area is 164 Å². The smallest absolute Gasteiger partial charge is 0.414 e. The van der Waals surface area contributed by atoms with Crippen molar-refractivity contribution in [1.82, 2.24) is 19.9 Å². The molecule has 0 aromatic carbocycles. The Bertz CT molecular complexity index is 902. The van der Waals surface area contributed by atoms with Crippen molar-refractivity contribution < 1.29 is 14.3 Å². The van der Waals surface area contributed by atoms with E-state index in [9.17, 15) is 4.79 Å². The van der Waals surface area contributed by atoms with Gasteiger partial charge in [-0.2, -0.15) is 0 Å². The van der Waals surface area contributed by atoms with E-state index >= 15 is 0 Å². The third kappa shape index (κ3) is 3.77. The highest BCUT2D eigenvalue weighted by Crippen LogP contribution is 2.34. The second kappa shape index (κ2) is 7.35. The van der Waals surface area contributed by atoms with Gasteiger partial charge in [0.2, 0.25) is 0 Å². The molecular weight excluding hydrogens is 358 g/mol. The molecule has 1 unspecified atom stereocenters. The van der Waals surface area contributed by atoms with Crippen molar-refractivity contribution in [2.45, 2.75) is 38.8 Å². The van der Waals surface area contributed by atoms with Crippen LogP contribution in [0.4, 0.5) is 10.6 Å². The molecule has 8 nitrogen and oxygen atoms in total. The fourth-order valence-corrected chi connectivity index (χ4v) is 3.43. The summed E-state index contributed by atoms with van der Waals surface area (Å²) in [7, 11) is 0. The summed E-state index contributed by atoms with van der Waals surface area (Å²) in [5.74, 6) is 0.818. The molecule has 4 heterocycles. The molecule has 0 bridgehead atoms. The Morgan fingerprint density at radius 3 is 2.75 bits per heavy atom. The van der Waals surface area contributed by atoms with E-state index in [-0.39, 0.29) is 12.1 Å². The third-order valence-electron chi connectivity index (χ3n) is 4.73. The molecular formula is C20H25N5O3. The lowest BCUT2D eigenvalue weighted by Crippen LogP contribution is -2.37. The van der Waals surface area contributed by atoms with Crippen LogP contribution >= 0.6 is 0 Å². The lowest BCUT2D eigenvalue weighted by molar-refractivity contribution is 0.0287. The van der Waals surface area contributed by atoms with Gasteiger partial charge in [0.05, 0.1) is 37.2 Å². The first kappa shape index (κ1) is 18.6. The minimum absolute atomic E-state index is 0.208. The number of amides is 1. The average molecular weight is 383 g/mol. The van der Waals surface area contributed by atoms with Gasteiger partial charge in [-0.1, -0.05) is 6.08 Å². The third-order valence-corrected chi connectivity index (χ3v) is 4.73. The first-order valence-electron chi connectivity index (χ1n) is 9.54. The predicted molar refractivity (Wildman–Crippen MR) is 105 cm³/mol. The van der Waals surface area contributed by atoms with Crippen LogP contribution in [0.2, 0.25) is 0 Å². The lowest BCUT2D eigenvalue weighted by atomic mass is 10.1. The summed E-state index contributed by atoms with van der Waals surface area (Å²) in [4.78, 5) is 30.2. The number of pyridine rings is 1. The molecule has 0 N–H and O–H groups in total. The summed E-state index contributed by atoms with van der Waals surface area (Å²) in [6, 6.07) is -0.208. The minimum atomic E-state index is -0.557. The van der Waals surface area contributed by atoms with Crippen LogP contribution in [-0.4, -0.2) is 57.8 Å². The highest BCUT2D eigenvalue weighted by molar-refractivity contribution is 5.80. The topological polar surface area (TPSA) is 80.7 Å². The predicted octanol–water partition coefficient (Wildman–Crippen LogP) is 3.06. The van der Waals surface area contributed by atoms with Gasteiger partial charge in [0.1, 0.15) is 16.9 Å². The molecule has 0 radical (unpaired) electrons. The van der Waals surface area contributed by atoms with Gasteiger partial charge in [0.25, 0.3) is 0 Å². The zero-order valence-electron chi connectivity index (χ0n) is 16.5. The van der Waals surface area contributed by atoms with Gasteiger partial charge in [-0.05, 0) is 27.2 Å². The zero-order valence-corrected chi connectivity index (χ0v) is 16.5. The maximum Gasteiger partial charge on any atom is 0.414 e. The number of hydrogen-bond acceptors (Lipinski definition) is 7. The molecule has 8 heteroatoms. The number of morpholine rings is 1. The summed E-state index contributed by atoms with van der Waals surface area (Å²) in [6.07, 6.45) is 9.30. The van der Waals surface area contributed by atoms with E-state index in [1.54, 1.807) is 29.7 Å². The molecule has 0 spiro atoms. The van der Waals surface area contributed by atoms with Gasteiger partial charge in [-0.25, -0.2) is 14.8 Å². The monoisotopic (exact) mass is 383 g/mol. The van der Waals surface area contributed by atoms with Gasteiger partial charge in [0, 0.05) is 31.0 Å². The van der Waals surface area contributed by atoms with Crippen molar-refractivity contribution in [3.05, 3.63) is 36.4 Å². The van der Waals surface area contributed by atoms with Crippen molar-refractivity contribution in [2.75, 3.05) is 31.2 Å². The minimum Gasteiger partial charge on any atom is -0.443 e. The normalized spacial score (nSPS) is 20.0. The van der Waals surface area contributed by atoms with E-state index in [0.717, 1.165) is 30.0 Å². The standard InChI is InChI=1S/C20H25N5O3/c1-20(2,3)28-19(26)25-6-4-5-16(25)14-11-21-12-15-18(14)23-17(13-22-15)24-7-9-27-10-8-24/h4,6,11-13,16H,5,7-10H2,1-3H3. The molecule has 2 aromatic rings. The molecule has 1 atom stereocenters. The van der Waals surface area contributed by atoms with E-state index in [1.165, 1.54) is 0 Å². The highest BCUT2D eigenvalue weighted by atomic mass is 16.6. The molecule has 1 amide bonds. The number of hydrogen-bond donors (Lipinski definition) is 0. The zero-order chi connectivity index (χ0) is 19.7. The lowest BCUT2D eigenvalue weighted by Gasteiger charge is -2.29. The van der Waals surface area contributed by atoms with Gasteiger partial charge < -0.3 is 14.4 Å². The van der Waals surface area contributed by atoms with Crippen LogP contribution in [0.5, 0.6) is 0 Å². The quantitative estimate of drug-likeness (QED) is 0.788. The van der Waals surface area contributed by atoms with Crippen LogP contribution in [0.15, 0.2) is 30.9 Å². The van der Waals surface area contributed by atoms with Crippen LogP contribution in [0.1, 0.15) is 38.8 Å². The molecule has 1 fully saturated rings. The fraction of sp³-hybridized carbons (Fsp3) is 0.500. The van der Waals surface area contributed by atoms with E-state index in [1.807, 2.05) is 26.8 Å². The number of ether oxygens (including phenoxy) is 2. The molecule has 2 aliphatic heterocycles. The van der Waals surface area contributed by atoms with Crippen molar-refractivity contribution in [1.29, 1.82) is 0 Å². The molecule has 0 aliphatic carbocycles. The summed E-state index contributed by atoms with van der Waals surface area (Å²) >= 11 is 0. The average Bonchev–Trinajstić information content (AvgIpc) is 3.16. The number of nitrogens with zero attached hydrogens (tertiary/aromatic N) is 5. The summed E-state index contributed by atoms with van der Waals surface area (Å²) in [5, 5.41) is 0. The highest BCUT2D eigenvalue weighted by Gasteiger charge is 2.32. The first-order chi connectivity index (χ1) is 13.4. The van der Waals surface area contributed by atoms with Gasteiger partial charge in [0.15, 0.2) is 0 Å². The van der Waals surface area contributed by atoms with E-state index in [4.69, 9.17) is 14.5 Å². The number of aromatic nitrogens is 3. The number of carbonyl (C=O) groups excluding carboxylic acids is 1. The van der Waals surface area contributed by atoms with Crippen LogP contribution in [0.25, 0.3) is 11.0 Å². The number of fused-ring (bicyclic) bond motifs is 1. The Morgan fingerprint density at radius 1 is 1.21 bits per heavy atom. The van der Waals surface area contributed by atoms with Gasteiger partial charge in [-0.3, -0.25) is 9.88 Å². The van der Waals surface area contributed by atoms with Crippen LogP contribution in [0, 0.1) is 0 Å². The molecule has 2 aromatic heterocycles. The Balaban J connectivity index is 1.68. The fourth-order valence-electron chi connectivity index (χ4n) is 3.43. The number of anilines is 1. The molecule has 4 rings (SSSR count). The number of rotatable bonds is 2. The van der Waals surface area contributed by atoms with Crippen molar-refractivity contribution >= 4 is 22.9 Å². The summed E-state index contributed by atoms with van der Waals surface area (Å²) < 4.78 is 11.0. The molecule has 1 saturated heterocycles. The molecule has 148 valence electrons. The Hall–Kier alpha value is -2.74. The maximum atomic E-state index is 12.7. The van der Waals surface area contributed by atoms with Gasteiger partial charge >= 0.3 is 6.09 Å². The largest absolute Gasteiger partial charge is 0.443 e. The summed E-state index contributed by atoms with van der Waals surface area (Å²) in [5.41, 5.74) is 1.79. The van der Waals surface area contributed by atoms with Crippen molar-refractivity contribution in [3.8, 4) is 0 Å². The second-order valence-electron chi connectivity index (χ2n) is 7.95.